The van der Waals surface area contributed by atoms with Crippen LogP contribution in [0.4, 0.5) is 0 Å². The summed E-state index contributed by atoms with van der Waals surface area (Å²) < 4.78 is 2.43. The van der Waals surface area contributed by atoms with E-state index in [-0.39, 0.29) is 5.41 Å². The molecule has 2 heteroatoms. The molecule has 0 radical (unpaired) electrons. The molecule has 170 valence electrons. The van der Waals surface area contributed by atoms with E-state index in [9.17, 15) is 0 Å². The summed E-state index contributed by atoms with van der Waals surface area (Å²) in [6.45, 7) is 9.52. The molecule has 1 aliphatic carbocycles. The summed E-state index contributed by atoms with van der Waals surface area (Å²) in [7, 11) is 0. The van der Waals surface area contributed by atoms with Crippen LogP contribution in [0.2, 0.25) is 0 Å². The van der Waals surface area contributed by atoms with Crippen molar-refractivity contribution in [3.8, 4) is 11.1 Å². The van der Waals surface area contributed by atoms with Crippen molar-refractivity contribution >= 4 is 31.9 Å². The maximum atomic E-state index is 3.84. The minimum Gasteiger partial charge on any atom is -0.0654 e. The molecule has 3 rings (SSSR count). The fourth-order valence-corrected chi connectivity index (χ4v) is 7.06. The number of rotatable bonds is 12. The normalized spacial score (nSPS) is 16.1. The lowest BCUT2D eigenvalue weighted by molar-refractivity contribution is 0.178. The zero-order valence-corrected chi connectivity index (χ0v) is 23.1. The van der Waals surface area contributed by atoms with Crippen molar-refractivity contribution in [3.05, 3.63) is 56.5 Å². The van der Waals surface area contributed by atoms with Crippen molar-refractivity contribution in [2.24, 2.45) is 11.8 Å². The van der Waals surface area contributed by atoms with Gasteiger partial charge in [0.05, 0.1) is 0 Å². The van der Waals surface area contributed by atoms with E-state index in [1.165, 1.54) is 84.3 Å². The summed E-state index contributed by atoms with van der Waals surface area (Å²) in [5.41, 5.74) is 6.22. The van der Waals surface area contributed by atoms with Gasteiger partial charge in [0.1, 0.15) is 0 Å². The van der Waals surface area contributed by atoms with Crippen molar-refractivity contribution in [2.45, 2.75) is 97.3 Å². The Bertz CT molecular complexity index is 782. The van der Waals surface area contributed by atoms with Crippen molar-refractivity contribution in [2.75, 3.05) is 0 Å². The van der Waals surface area contributed by atoms with Gasteiger partial charge in [-0.15, -0.1) is 0 Å². The number of unbranched alkanes of at least 4 members (excludes halogenated alkanes) is 4. The fourth-order valence-electron chi connectivity index (χ4n) is 6.33. The number of halogens is 2. The van der Waals surface area contributed by atoms with Crippen LogP contribution in [-0.4, -0.2) is 0 Å². The maximum Gasteiger partial charge on any atom is 0.0272 e. The third-order valence-electron chi connectivity index (χ3n) is 7.73. The van der Waals surface area contributed by atoms with E-state index >= 15 is 0 Å². The van der Waals surface area contributed by atoms with Crippen LogP contribution in [0.5, 0.6) is 0 Å². The van der Waals surface area contributed by atoms with Gasteiger partial charge in [-0.1, -0.05) is 123 Å². The zero-order chi connectivity index (χ0) is 22.4. The van der Waals surface area contributed by atoms with Crippen LogP contribution in [0.3, 0.4) is 0 Å². The predicted molar refractivity (Wildman–Crippen MR) is 144 cm³/mol. The lowest BCUT2D eigenvalue weighted by atomic mass is 9.57. The summed E-state index contributed by atoms with van der Waals surface area (Å²) in [5.74, 6) is 1.35. The van der Waals surface area contributed by atoms with Crippen LogP contribution in [0.25, 0.3) is 11.1 Å². The van der Waals surface area contributed by atoms with Crippen molar-refractivity contribution < 1.29 is 0 Å². The van der Waals surface area contributed by atoms with E-state index in [0.29, 0.717) is 11.8 Å². The molecule has 0 saturated heterocycles. The predicted octanol–water partition coefficient (Wildman–Crippen LogP) is 10.7. The SMILES string of the molecule is CCCCC[C@@H](CC)C1([C@@H](CC)CCCCC)c2cc(Br)ccc2-c2ccc(Br)cc21. The van der Waals surface area contributed by atoms with Gasteiger partial charge in [0, 0.05) is 14.4 Å². The molecule has 0 aliphatic heterocycles. The molecule has 2 atom stereocenters. The Morgan fingerprint density at radius 1 is 0.645 bits per heavy atom. The van der Waals surface area contributed by atoms with Crippen LogP contribution < -0.4 is 0 Å². The van der Waals surface area contributed by atoms with Gasteiger partial charge in [0.25, 0.3) is 0 Å². The summed E-state index contributed by atoms with van der Waals surface area (Å²) in [6, 6.07) is 14.1. The van der Waals surface area contributed by atoms with E-state index in [1.54, 1.807) is 11.1 Å². The molecule has 0 bridgehead atoms. The second-order valence-electron chi connectivity index (χ2n) is 9.45. The van der Waals surface area contributed by atoms with Crippen LogP contribution in [0.1, 0.15) is 103 Å². The Kier molecular flexibility index (Phi) is 9.29. The zero-order valence-electron chi connectivity index (χ0n) is 19.9. The minimum atomic E-state index is 0.114. The number of fused-ring (bicyclic) bond motifs is 3. The maximum absolute atomic E-state index is 3.84. The molecule has 31 heavy (non-hydrogen) atoms. The van der Waals surface area contributed by atoms with E-state index in [0.717, 1.165) is 0 Å². The first-order valence-electron chi connectivity index (χ1n) is 12.6. The standard InChI is InChI=1S/C29H40Br2/c1-5-9-11-13-21(7-3)29(22(8-4)14-12-10-6-2)27-19-23(30)15-17-25(27)26-18-16-24(31)20-28(26)29/h15-22H,5-14H2,1-4H3/t21-,22+. The van der Waals surface area contributed by atoms with E-state index in [2.05, 4.69) is 96.0 Å². The van der Waals surface area contributed by atoms with Gasteiger partial charge in [-0.2, -0.15) is 0 Å². The smallest absolute Gasteiger partial charge is 0.0272 e. The molecular weight excluding hydrogens is 508 g/mol. The molecule has 0 unspecified atom stereocenters. The summed E-state index contributed by atoms with van der Waals surface area (Å²) in [6.07, 6.45) is 13.1. The first-order chi connectivity index (χ1) is 15.0. The van der Waals surface area contributed by atoms with E-state index < -0.39 is 0 Å². The van der Waals surface area contributed by atoms with Crippen LogP contribution in [0.15, 0.2) is 45.3 Å². The quantitative estimate of drug-likeness (QED) is 0.232. The molecule has 1 aliphatic rings. The highest BCUT2D eigenvalue weighted by Gasteiger charge is 2.51. The van der Waals surface area contributed by atoms with Crippen molar-refractivity contribution in [1.82, 2.24) is 0 Å². The molecular formula is C29H40Br2. The third-order valence-corrected chi connectivity index (χ3v) is 8.72. The number of benzene rings is 2. The summed E-state index contributed by atoms with van der Waals surface area (Å²) in [5, 5.41) is 0. The van der Waals surface area contributed by atoms with Crippen molar-refractivity contribution in [1.29, 1.82) is 0 Å². The molecule has 0 fully saturated rings. The van der Waals surface area contributed by atoms with Gasteiger partial charge >= 0.3 is 0 Å². The highest BCUT2D eigenvalue weighted by atomic mass is 79.9. The fraction of sp³-hybridized carbons (Fsp3) is 0.586. The monoisotopic (exact) mass is 546 g/mol. The molecule has 0 heterocycles. The molecule has 0 aromatic heterocycles. The van der Waals surface area contributed by atoms with Crippen LogP contribution >= 0.6 is 31.9 Å². The van der Waals surface area contributed by atoms with Gasteiger partial charge in [-0.3, -0.25) is 0 Å². The molecule has 0 amide bonds. The van der Waals surface area contributed by atoms with E-state index in [1.807, 2.05) is 0 Å². The van der Waals surface area contributed by atoms with Gasteiger partial charge in [-0.05, 0) is 71.2 Å². The van der Waals surface area contributed by atoms with Crippen molar-refractivity contribution in [3.63, 3.8) is 0 Å². The Morgan fingerprint density at radius 2 is 1.06 bits per heavy atom. The second kappa shape index (κ2) is 11.5. The molecule has 0 N–H and O–H groups in total. The lowest BCUT2D eigenvalue weighted by Gasteiger charge is -2.46. The molecule has 2 aromatic rings. The molecule has 2 aromatic carbocycles. The Labute approximate surface area is 207 Å². The second-order valence-corrected chi connectivity index (χ2v) is 11.3. The highest BCUT2D eigenvalue weighted by Crippen LogP contribution is 2.60. The lowest BCUT2D eigenvalue weighted by Crippen LogP contribution is -2.42. The number of hydrogen-bond donors (Lipinski definition) is 0. The Morgan fingerprint density at radius 3 is 1.42 bits per heavy atom. The Balaban J connectivity index is 2.25. The minimum absolute atomic E-state index is 0.114. The molecule has 0 saturated carbocycles. The van der Waals surface area contributed by atoms with Gasteiger partial charge in [-0.25, -0.2) is 0 Å². The topological polar surface area (TPSA) is 0 Å². The first kappa shape index (κ1) is 25.0. The van der Waals surface area contributed by atoms with Gasteiger partial charge in [0.15, 0.2) is 0 Å². The molecule has 0 nitrogen and oxygen atoms in total. The Hall–Kier alpha value is -0.600. The third kappa shape index (κ3) is 4.86. The van der Waals surface area contributed by atoms with Crippen LogP contribution in [-0.2, 0) is 5.41 Å². The summed E-state index contributed by atoms with van der Waals surface area (Å²) >= 11 is 7.67. The van der Waals surface area contributed by atoms with E-state index in [4.69, 9.17) is 0 Å². The molecule has 0 spiro atoms. The van der Waals surface area contributed by atoms with Gasteiger partial charge in [0.2, 0.25) is 0 Å². The average Bonchev–Trinajstić information content (AvgIpc) is 3.04. The largest absolute Gasteiger partial charge is 0.0654 e. The van der Waals surface area contributed by atoms with Crippen LogP contribution in [0, 0.1) is 11.8 Å². The first-order valence-corrected chi connectivity index (χ1v) is 14.2. The highest BCUT2D eigenvalue weighted by molar-refractivity contribution is 9.10. The van der Waals surface area contributed by atoms with Gasteiger partial charge < -0.3 is 0 Å². The summed E-state index contributed by atoms with van der Waals surface area (Å²) in [4.78, 5) is 0. The average molecular weight is 548 g/mol. The number of hydrogen-bond acceptors (Lipinski definition) is 0.